The number of halogens is 2. The number of esters is 2. The van der Waals surface area contributed by atoms with Crippen LogP contribution in [0.3, 0.4) is 0 Å². The van der Waals surface area contributed by atoms with Crippen LogP contribution in [0.2, 0.25) is 0 Å². The minimum Gasteiger partial charge on any atom is -0.461 e. The molecule has 4 bridgehead atoms. The lowest BCUT2D eigenvalue weighted by atomic mass is 9.47. The van der Waals surface area contributed by atoms with Crippen LogP contribution in [0, 0.1) is 23.2 Å². The molecule has 0 aromatic rings. The van der Waals surface area contributed by atoms with Gasteiger partial charge < -0.3 is 18.9 Å². The summed E-state index contributed by atoms with van der Waals surface area (Å²) in [6, 6.07) is 0. The van der Waals surface area contributed by atoms with Gasteiger partial charge in [-0.1, -0.05) is 0 Å². The quantitative estimate of drug-likeness (QED) is 0.706. The molecular formula is C18H22F2O6. The number of ether oxygens (including phenoxy) is 4. The normalized spacial score (nSPS) is 48.7. The van der Waals surface area contributed by atoms with Gasteiger partial charge in [-0.3, -0.25) is 0 Å². The molecule has 4 unspecified atom stereocenters. The molecule has 6 rings (SSSR count). The number of hydrogen-bond acceptors (Lipinski definition) is 6. The first kappa shape index (κ1) is 16.9. The summed E-state index contributed by atoms with van der Waals surface area (Å²) in [6.45, 7) is 0.800. The Morgan fingerprint density at radius 2 is 1.92 bits per heavy atom. The highest BCUT2D eigenvalue weighted by Gasteiger charge is 2.69. The Balaban J connectivity index is 1.35. The zero-order valence-electron chi connectivity index (χ0n) is 14.5. The first-order valence-corrected chi connectivity index (χ1v) is 9.28. The van der Waals surface area contributed by atoms with E-state index in [2.05, 4.69) is 0 Å². The summed E-state index contributed by atoms with van der Waals surface area (Å²) in [5.74, 6) is -5.44. The van der Waals surface area contributed by atoms with Gasteiger partial charge in [-0.05, 0) is 38.0 Å². The predicted octanol–water partition coefficient (Wildman–Crippen LogP) is 2.05. The van der Waals surface area contributed by atoms with Crippen molar-refractivity contribution in [3.63, 3.8) is 0 Å². The summed E-state index contributed by atoms with van der Waals surface area (Å²) in [4.78, 5) is 23.4. The van der Waals surface area contributed by atoms with Gasteiger partial charge in [0.1, 0.15) is 12.7 Å². The maximum atomic E-state index is 13.1. The Morgan fingerprint density at radius 3 is 2.54 bits per heavy atom. The lowest BCUT2D eigenvalue weighted by molar-refractivity contribution is -0.319. The summed E-state index contributed by atoms with van der Waals surface area (Å²) in [7, 11) is 0. The molecule has 6 aliphatic rings. The third-order valence-electron chi connectivity index (χ3n) is 6.93. The van der Waals surface area contributed by atoms with Gasteiger partial charge in [-0.25, -0.2) is 9.59 Å². The first-order chi connectivity index (χ1) is 12.2. The van der Waals surface area contributed by atoms with Crippen LogP contribution in [0.5, 0.6) is 0 Å². The van der Waals surface area contributed by atoms with Crippen molar-refractivity contribution in [3.8, 4) is 0 Å². The van der Waals surface area contributed by atoms with Crippen molar-refractivity contribution in [2.24, 2.45) is 23.2 Å². The van der Waals surface area contributed by atoms with Crippen molar-refractivity contribution in [2.75, 3.05) is 13.2 Å². The van der Waals surface area contributed by atoms with Gasteiger partial charge in [0.05, 0.1) is 6.61 Å². The number of hydrogen-bond donors (Lipinski definition) is 0. The highest BCUT2D eigenvalue weighted by atomic mass is 19.3. The standard InChI is InChI=1S/C18H22F2O6/c1-16(19,20)15(22)24-8-17-4-9-2-10(5-17)18(11(3-9)6-17)25-12-7-23-14(21)13(12)26-18/h9-13H,2-8H2,1H3. The van der Waals surface area contributed by atoms with Crippen LogP contribution in [0.1, 0.15) is 39.0 Å². The molecule has 26 heavy (non-hydrogen) atoms. The fourth-order valence-electron chi connectivity index (χ4n) is 6.16. The fraction of sp³-hybridized carbons (Fsp3) is 0.889. The predicted molar refractivity (Wildman–Crippen MR) is 81.0 cm³/mol. The molecule has 2 saturated heterocycles. The van der Waals surface area contributed by atoms with Crippen LogP contribution < -0.4 is 0 Å². The van der Waals surface area contributed by atoms with E-state index in [1.165, 1.54) is 0 Å². The molecule has 0 aromatic carbocycles. The maximum absolute atomic E-state index is 13.1. The van der Waals surface area contributed by atoms with Gasteiger partial charge in [0, 0.05) is 24.2 Å². The van der Waals surface area contributed by atoms with E-state index in [0.29, 0.717) is 25.7 Å². The second kappa shape index (κ2) is 5.16. The van der Waals surface area contributed by atoms with Crippen molar-refractivity contribution in [1.29, 1.82) is 0 Å². The van der Waals surface area contributed by atoms with Gasteiger partial charge in [0.15, 0.2) is 11.9 Å². The minimum atomic E-state index is -3.47. The number of carbonyl (C=O) groups excluding carboxylic acids is 2. The molecule has 0 amide bonds. The van der Waals surface area contributed by atoms with Crippen molar-refractivity contribution in [3.05, 3.63) is 0 Å². The summed E-state index contributed by atoms with van der Waals surface area (Å²) in [5.41, 5.74) is -0.284. The second-order valence-corrected chi connectivity index (χ2v) is 8.85. The largest absolute Gasteiger partial charge is 0.461 e. The summed E-state index contributed by atoms with van der Waals surface area (Å²) in [6.07, 6.45) is 3.16. The van der Waals surface area contributed by atoms with E-state index >= 15 is 0 Å². The fourth-order valence-corrected chi connectivity index (χ4v) is 6.16. The first-order valence-electron chi connectivity index (χ1n) is 9.28. The number of rotatable bonds is 3. The molecule has 4 atom stereocenters. The molecule has 0 N–H and O–H groups in total. The average molecular weight is 372 g/mol. The number of carbonyl (C=O) groups is 2. The highest BCUT2D eigenvalue weighted by Crippen LogP contribution is 2.66. The molecule has 2 aliphatic heterocycles. The summed E-state index contributed by atoms with van der Waals surface area (Å²) >= 11 is 0. The molecule has 1 spiro atoms. The zero-order valence-corrected chi connectivity index (χ0v) is 14.5. The average Bonchev–Trinajstić information content (AvgIpc) is 3.09. The van der Waals surface area contributed by atoms with Crippen LogP contribution in [0.25, 0.3) is 0 Å². The number of alkyl halides is 2. The van der Waals surface area contributed by atoms with Crippen LogP contribution in [-0.2, 0) is 28.5 Å². The Bertz CT molecular complexity index is 643. The van der Waals surface area contributed by atoms with E-state index in [-0.39, 0.29) is 42.5 Å². The monoisotopic (exact) mass is 372 g/mol. The third-order valence-corrected chi connectivity index (χ3v) is 6.93. The smallest absolute Gasteiger partial charge is 0.376 e. The molecule has 4 saturated carbocycles. The molecule has 0 aromatic heterocycles. The van der Waals surface area contributed by atoms with E-state index in [0.717, 1.165) is 19.3 Å². The molecule has 0 radical (unpaired) electrons. The maximum Gasteiger partial charge on any atom is 0.376 e. The summed E-state index contributed by atoms with van der Waals surface area (Å²) in [5, 5.41) is 0. The van der Waals surface area contributed by atoms with E-state index in [4.69, 9.17) is 18.9 Å². The zero-order chi connectivity index (χ0) is 18.3. The van der Waals surface area contributed by atoms with Crippen LogP contribution in [-0.4, -0.2) is 49.1 Å². The molecule has 4 aliphatic carbocycles. The lowest BCUT2D eigenvalue weighted by Crippen LogP contribution is -2.63. The third kappa shape index (κ3) is 2.27. The molecule has 8 heteroatoms. The number of fused-ring (bicyclic) bond motifs is 1. The Labute approximate surface area is 149 Å². The van der Waals surface area contributed by atoms with Crippen molar-refractivity contribution < 1.29 is 37.3 Å². The molecule has 6 nitrogen and oxygen atoms in total. The van der Waals surface area contributed by atoms with Crippen molar-refractivity contribution in [2.45, 2.75) is 62.9 Å². The Kier molecular flexibility index (Phi) is 3.35. The Hall–Kier alpha value is -1.28. The lowest BCUT2D eigenvalue weighted by Gasteiger charge is -2.62. The SMILES string of the molecule is CC(F)(F)C(=O)OCC12CC3CC(C1)C1(OC4COC(=O)C4O1)C(C3)C2. The molecule has 2 heterocycles. The second-order valence-electron chi connectivity index (χ2n) is 8.85. The van der Waals surface area contributed by atoms with Crippen molar-refractivity contribution in [1.82, 2.24) is 0 Å². The highest BCUT2D eigenvalue weighted by molar-refractivity contribution is 5.78. The molecular weight excluding hydrogens is 350 g/mol. The van der Waals surface area contributed by atoms with E-state index < -0.39 is 23.8 Å². The van der Waals surface area contributed by atoms with Gasteiger partial charge in [-0.15, -0.1) is 0 Å². The van der Waals surface area contributed by atoms with Crippen LogP contribution in [0.4, 0.5) is 8.78 Å². The summed E-state index contributed by atoms with van der Waals surface area (Å²) < 4.78 is 48.7. The van der Waals surface area contributed by atoms with Crippen molar-refractivity contribution >= 4 is 11.9 Å². The minimum absolute atomic E-state index is 0.0176. The van der Waals surface area contributed by atoms with E-state index in [1.807, 2.05) is 0 Å². The van der Waals surface area contributed by atoms with Gasteiger partial charge in [-0.2, -0.15) is 8.78 Å². The molecule has 6 fully saturated rings. The van der Waals surface area contributed by atoms with Gasteiger partial charge >= 0.3 is 17.9 Å². The molecule has 144 valence electrons. The van der Waals surface area contributed by atoms with Crippen LogP contribution in [0.15, 0.2) is 0 Å². The number of cyclic esters (lactones) is 1. The topological polar surface area (TPSA) is 71.1 Å². The van der Waals surface area contributed by atoms with Gasteiger partial charge in [0.2, 0.25) is 0 Å². The van der Waals surface area contributed by atoms with Gasteiger partial charge in [0.25, 0.3) is 0 Å². The van der Waals surface area contributed by atoms with Crippen LogP contribution >= 0.6 is 0 Å². The van der Waals surface area contributed by atoms with E-state index in [1.54, 1.807) is 0 Å². The van der Waals surface area contributed by atoms with E-state index in [9.17, 15) is 18.4 Å². The Morgan fingerprint density at radius 1 is 1.23 bits per heavy atom.